The second-order valence-electron chi connectivity index (χ2n) is 10.2. The van der Waals surface area contributed by atoms with E-state index in [-0.39, 0.29) is 29.7 Å². The first-order chi connectivity index (χ1) is 17.9. The maximum absolute atomic E-state index is 13.0. The van der Waals surface area contributed by atoms with Gasteiger partial charge < -0.3 is 9.47 Å². The molecular formula is C31H35IO5. The second kappa shape index (κ2) is 13.4. The number of rotatable bonds is 12. The average molecular weight is 615 g/mol. The topological polar surface area (TPSA) is 69.7 Å². The molecule has 1 aliphatic heterocycles. The highest BCUT2D eigenvalue weighted by Crippen LogP contribution is 2.43. The molecule has 6 heteroatoms. The van der Waals surface area contributed by atoms with Crippen molar-refractivity contribution in [3.63, 3.8) is 0 Å². The first kappa shape index (κ1) is 27.6. The molecule has 196 valence electrons. The number of ketones is 1. The summed E-state index contributed by atoms with van der Waals surface area (Å²) in [6.07, 6.45) is 9.57. The number of allylic oxidation sites excluding steroid dienone is 1. The molecule has 1 heterocycles. The van der Waals surface area contributed by atoms with Gasteiger partial charge in [-0.15, -0.1) is 0 Å². The number of unbranched alkanes of at least 4 members (excludes halogenated alkanes) is 3. The molecule has 2 aromatic carbocycles. The van der Waals surface area contributed by atoms with Crippen molar-refractivity contribution in [2.75, 3.05) is 0 Å². The fraction of sp³-hybridized carbons (Fsp3) is 0.452. The monoisotopic (exact) mass is 614 g/mol. The zero-order valence-electron chi connectivity index (χ0n) is 21.3. The van der Waals surface area contributed by atoms with E-state index in [0.717, 1.165) is 30.4 Å². The van der Waals surface area contributed by atoms with E-state index < -0.39 is 12.1 Å². The second-order valence-corrected chi connectivity index (χ2v) is 12.3. The molecule has 0 radical (unpaired) electrons. The predicted molar refractivity (Wildman–Crippen MR) is 153 cm³/mol. The normalized spacial score (nSPS) is 23.6. The molecule has 0 N–H and O–H groups in total. The molecule has 1 aliphatic carbocycles. The van der Waals surface area contributed by atoms with E-state index in [4.69, 9.17) is 9.47 Å². The molecule has 0 amide bonds. The third-order valence-electron chi connectivity index (χ3n) is 7.32. The summed E-state index contributed by atoms with van der Waals surface area (Å²) in [5.41, 5.74) is 2.58. The van der Waals surface area contributed by atoms with E-state index in [9.17, 15) is 14.4 Å². The third kappa shape index (κ3) is 7.76. The fourth-order valence-corrected chi connectivity index (χ4v) is 5.75. The molecule has 2 fully saturated rings. The van der Waals surface area contributed by atoms with E-state index >= 15 is 0 Å². The number of fused-ring (bicyclic) bond motifs is 1. The van der Waals surface area contributed by atoms with E-state index in [0.29, 0.717) is 28.8 Å². The van der Waals surface area contributed by atoms with E-state index in [2.05, 4.69) is 29.5 Å². The summed E-state index contributed by atoms with van der Waals surface area (Å²) in [5, 5.41) is 0. The highest BCUT2D eigenvalue weighted by Gasteiger charge is 2.50. The number of alkyl halides is 1. The van der Waals surface area contributed by atoms with Gasteiger partial charge in [-0.1, -0.05) is 97.3 Å². The van der Waals surface area contributed by atoms with Crippen LogP contribution in [0.1, 0.15) is 68.6 Å². The molecule has 2 aliphatic rings. The van der Waals surface area contributed by atoms with Crippen LogP contribution < -0.4 is 0 Å². The summed E-state index contributed by atoms with van der Waals surface area (Å²) in [6, 6.07) is 17.3. The number of benzene rings is 2. The van der Waals surface area contributed by atoms with Crippen LogP contribution in [-0.2, 0) is 19.1 Å². The minimum Gasteiger partial charge on any atom is -0.462 e. The molecule has 0 aromatic heterocycles. The van der Waals surface area contributed by atoms with Gasteiger partial charge in [0.25, 0.3) is 0 Å². The maximum Gasteiger partial charge on any atom is 0.338 e. The van der Waals surface area contributed by atoms with Crippen molar-refractivity contribution in [2.45, 2.75) is 74.4 Å². The molecule has 37 heavy (non-hydrogen) atoms. The van der Waals surface area contributed by atoms with Crippen molar-refractivity contribution in [1.29, 1.82) is 0 Å². The highest BCUT2D eigenvalue weighted by atomic mass is 127. The molecule has 5 atom stereocenters. The van der Waals surface area contributed by atoms with Gasteiger partial charge in [0.05, 0.1) is 12.0 Å². The first-order valence-electron chi connectivity index (χ1n) is 13.3. The Bertz CT molecular complexity index is 1090. The van der Waals surface area contributed by atoms with Gasteiger partial charge >= 0.3 is 11.9 Å². The number of carbonyl (C=O) groups is 3. The Morgan fingerprint density at radius 2 is 1.73 bits per heavy atom. The van der Waals surface area contributed by atoms with Crippen LogP contribution in [0, 0.1) is 11.8 Å². The minimum atomic E-state index is -0.427. The van der Waals surface area contributed by atoms with Crippen LogP contribution in [-0.4, -0.2) is 33.9 Å². The molecule has 0 spiro atoms. The predicted octanol–water partition coefficient (Wildman–Crippen LogP) is 7.12. The van der Waals surface area contributed by atoms with Gasteiger partial charge in [0.2, 0.25) is 0 Å². The standard InChI is InChI=1S/C31H35IO5/c1-21(32)9-5-2-3-8-12-25(33)17-18-26-27-19-30(34)36-29(27)20-28(26)37-31(35)24-15-13-23(14-16-24)22-10-6-4-7-11-22/h4,6-7,10-11,13-18,21,26-29H,2-3,5,8-9,12,19-20H2,1H3/b18-17+/t21-,26-,27-,28-,29+/m1/s1. The van der Waals surface area contributed by atoms with Crippen LogP contribution in [0.2, 0.25) is 0 Å². The van der Waals surface area contributed by atoms with Crippen molar-refractivity contribution >= 4 is 40.3 Å². The smallest absolute Gasteiger partial charge is 0.338 e. The lowest BCUT2D eigenvalue weighted by atomic mass is 9.91. The lowest BCUT2D eigenvalue weighted by molar-refractivity contribution is -0.141. The highest BCUT2D eigenvalue weighted by molar-refractivity contribution is 14.1. The SMILES string of the molecule is C[C@@H](I)CCCCCCC(=O)/C=C/[C@@H]1[C@H]2CC(=O)O[C@H]2C[C@H]1OC(=O)c1ccc(-c2ccccc2)cc1. The Kier molecular flexibility index (Phi) is 9.95. The number of esters is 2. The van der Waals surface area contributed by atoms with Gasteiger partial charge in [-0.2, -0.15) is 0 Å². The van der Waals surface area contributed by atoms with Gasteiger partial charge in [0, 0.05) is 28.6 Å². The quantitative estimate of drug-likeness (QED) is 0.0838. The van der Waals surface area contributed by atoms with E-state index in [1.54, 1.807) is 18.2 Å². The van der Waals surface area contributed by atoms with Gasteiger partial charge in [0.1, 0.15) is 12.2 Å². The zero-order chi connectivity index (χ0) is 26.2. The molecule has 2 aromatic rings. The van der Waals surface area contributed by atoms with Crippen molar-refractivity contribution < 1.29 is 23.9 Å². The van der Waals surface area contributed by atoms with Gasteiger partial charge in [0.15, 0.2) is 5.78 Å². The van der Waals surface area contributed by atoms with Crippen LogP contribution in [0.15, 0.2) is 66.7 Å². The number of hydrogen-bond acceptors (Lipinski definition) is 5. The Labute approximate surface area is 233 Å². The Balaban J connectivity index is 1.34. The molecule has 1 saturated heterocycles. The zero-order valence-corrected chi connectivity index (χ0v) is 23.5. The lowest BCUT2D eigenvalue weighted by Gasteiger charge is -2.20. The molecule has 1 saturated carbocycles. The number of ether oxygens (including phenoxy) is 2. The summed E-state index contributed by atoms with van der Waals surface area (Å²) in [4.78, 5) is 37.4. The van der Waals surface area contributed by atoms with Crippen LogP contribution >= 0.6 is 22.6 Å². The van der Waals surface area contributed by atoms with Crippen molar-refractivity contribution in [1.82, 2.24) is 0 Å². The number of hydrogen-bond donors (Lipinski definition) is 0. The summed E-state index contributed by atoms with van der Waals surface area (Å²) >= 11 is 2.45. The number of carbonyl (C=O) groups excluding carboxylic acids is 3. The Morgan fingerprint density at radius 1 is 1.03 bits per heavy atom. The summed E-state index contributed by atoms with van der Waals surface area (Å²) in [6.45, 7) is 2.22. The molecule has 0 unspecified atom stereocenters. The van der Waals surface area contributed by atoms with Crippen molar-refractivity contribution in [3.8, 4) is 11.1 Å². The van der Waals surface area contributed by atoms with Crippen LogP contribution in [0.25, 0.3) is 11.1 Å². The molecular weight excluding hydrogens is 579 g/mol. The van der Waals surface area contributed by atoms with E-state index in [1.807, 2.05) is 48.5 Å². The summed E-state index contributed by atoms with van der Waals surface area (Å²) in [5.74, 6) is -0.816. The summed E-state index contributed by atoms with van der Waals surface area (Å²) < 4.78 is 12.1. The largest absolute Gasteiger partial charge is 0.462 e. The Morgan fingerprint density at radius 3 is 2.46 bits per heavy atom. The van der Waals surface area contributed by atoms with Crippen LogP contribution in [0.5, 0.6) is 0 Å². The molecule has 4 rings (SSSR count). The van der Waals surface area contributed by atoms with Crippen LogP contribution in [0.3, 0.4) is 0 Å². The minimum absolute atomic E-state index is 0.0647. The van der Waals surface area contributed by atoms with E-state index in [1.165, 1.54) is 12.8 Å². The molecule has 5 nitrogen and oxygen atoms in total. The van der Waals surface area contributed by atoms with Gasteiger partial charge in [-0.05, 0) is 42.2 Å². The summed E-state index contributed by atoms with van der Waals surface area (Å²) in [7, 11) is 0. The average Bonchev–Trinajstić information content (AvgIpc) is 3.40. The van der Waals surface area contributed by atoms with Gasteiger partial charge in [-0.3, -0.25) is 9.59 Å². The lowest BCUT2D eigenvalue weighted by Crippen LogP contribution is -2.25. The first-order valence-corrected chi connectivity index (χ1v) is 14.6. The number of halogens is 1. The van der Waals surface area contributed by atoms with Crippen LogP contribution in [0.4, 0.5) is 0 Å². The van der Waals surface area contributed by atoms with Crippen molar-refractivity contribution in [2.24, 2.45) is 11.8 Å². The fourth-order valence-electron chi connectivity index (χ4n) is 5.31. The Hall–Kier alpha value is -2.48. The third-order valence-corrected chi connectivity index (χ3v) is 7.94. The van der Waals surface area contributed by atoms with Gasteiger partial charge in [-0.25, -0.2) is 4.79 Å². The molecule has 0 bridgehead atoms. The maximum atomic E-state index is 13.0. The van der Waals surface area contributed by atoms with Crippen molar-refractivity contribution in [3.05, 3.63) is 72.3 Å².